The van der Waals surface area contributed by atoms with E-state index in [1.807, 2.05) is 82.9 Å². The summed E-state index contributed by atoms with van der Waals surface area (Å²) in [5.41, 5.74) is 4.79. The minimum atomic E-state index is -0.556. The molecule has 0 fully saturated rings. The summed E-state index contributed by atoms with van der Waals surface area (Å²) < 4.78 is 9.27. The van der Waals surface area contributed by atoms with Crippen LogP contribution in [0.5, 0.6) is 5.75 Å². The number of methoxy groups -OCH3 is 1. The predicted octanol–water partition coefficient (Wildman–Crippen LogP) is 4.65. The zero-order valence-electron chi connectivity index (χ0n) is 21.0. The molecule has 0 bridgehead atoms. The Labute approximate surface area is 214 Å². The maximum absolute atomic E-state index is 13.3. The Hall–Kier alpha value is -4.90. The van der Waals surface area contributed by atoms with Crippen molar-refractivity contribution in [2.24, 2.45) is 7.05 Å². The molecule has 0 saturated carbocycles. The molecule has 0 saturated heterocycles. The maximum atomic E-state index is 13.3. The first kappa shape index (κ1) is 23.8. The number of benzene rings is 2. The zero-order chi connectivity index (χ0) is 26.3. The van der Waals surface area contributed by atoms with Crippen molar-refractivity contribution in [2.45, 2.75) is 13.8 Å². The van der Waals surface area contributed by atoms with Crippen LogP contribution in [0.25, 0.3) is 34.3 Å². The topological polar surface area (TPSA) is 93.2 Å². The lowest BCUT2D eigenvalue weighted by Gasteiger charge is -2.26. The number of fused-ring (bicyclic) bond motifs is 1. The number of nitrogens with zero attached hydrogens (tertiary/aromatic N) is 5. The van der Waals surface area contributed by atoms with Gasteiger partial charge in [-0.2, -0.15) is 5.26 Å². The lowest BCUT2D eigenvalue weighted by molar-refractivity contribution is -0.140. The average molecular weight is 492 g/mol. The van der Waals surface area contributed by atoms with Gasteiger partial charge in [-0.3, -0.25) is 19.1 Å². The maximum Gasteiger partial charge on any atom is 0.271 e. The molecule has 0 radical (unpaired) electrons. The van der Waals surface area contributed by atoms with Crippen LogP contribution in [-0.4, -0.2) is 44.5 Å². The van der Waals surface area contributed by atoms with Crippen molar-refractivity contribution in [2.75, 3.05) is 13.7 Å². The summed E-state index contributed by atoms with van der Waals surface area (Å²) in [5.74, 6) is 0.581. The number of hydrogen-bond acceptors (Lipinski definition) is 5. The second-order valence-electron chi connectivity index (χ2n) is 8.70. The number of aromatic nitrogens is 3. The Morgan fingerprint density at radius 3 is 2.38 bits per heavy atom. The van der Waals surface area contributed by atoms with Gasteiger partial charge in [0, 0.05) is 30.4 Å². The molecule has 37 heavy (non-hydrogen) atoms. The number of rotatable bonds is 5. The first-order chi connectivity index (χ1) is 17.9. The Kier molecular flexibility index (Phi) is 5.98. The Balaban J connectivity index is 1.75. The lowest BCUT2D eigenvalue weighted by Crippen LogP contribution is -2.42. The van der Waals surface area contributed by atoms with E-state index in [4.69, 9.17) is 9.72 Å². The number of amides is 2. The highest BCUT2D eigenvalue weighted by Gasteiger charge is 2.34. The van der Waals surface area contributed by atoms with Crippen molar-refractivity contribution in [1.82, 2.24) is 19.0 Å². The molecule has 1 aliphatic heterocycles. The van der Waals surface area contributed by atoms with E-state index in [9.17, 15) is 14.9 Å². The second kappa shape index (κ2) is 9.28. The third kappa shape index (κ3) is 3.81. The third-order valence-electron chi connectivity index (χ3n) is 6.67. The van der Waals surface area contributed by atoms with Gasteiger partial charge in [-0.25, -0.2) is 4.98 Å². The third-order valence-corrected chi connectivity index (χ3v) is 6.67. The number of ether oxygens (including phenoxy) is 1. The minimum absolute atomic E-state index is 0.0185. The molecule has 1 aliphatic rings. The van der Waals surface area contributed by atoms with E-state index in [1.54, 1.807) is 27.0 Å². The van der Waals surface area contributed by atoms with Gasteiger partial charge in [-0.1, -0.05) is 18.2 Å². The van der Waals surface area contributed by atoms with Crippen LogP contribution in [0.4, 0.5) is 0 Å². The van der Waals surface area contributed by atoms with Crippen molar-refractivity contribution in [1.29, 1.82) is 5.26 Å². The molecule has 0 N–H and O–H groups in total. The van der Waals surface area contributed by atoms with E-state index >= 15 is 0 Å². The molecule has 0 unspecified atom stereocenters. The Morgan fingerprint density at radius 1 is 1.05 bits per heavy atom. The van der Waals surface area contributed by atoms with Crippen LogP contribution < -0.4 is 4.74 Å². The molecule has 2 aromatic carbocycles. The SMILES string of the molecule is CCN1C(=O)C(C#N)=C(C)/C(=C/c2cc3c(nc(-c4ccc(OC)cc4)n3C)n2-c2ccccc2)C1=O. The summed E-state index contributed by atoms with van der Waals surface area (Å²) in [7, 11) is 3.58. The van der Waals surface area contributed by atoms with Gasteiger partial charge in [-0.05, 0) is 68.0 Å². The molecular formula is C29H25N5O3. The highest BCUT2D eigenvalue weighted by atomic mass is 16.5. The number of nitriles is 1. The van der Waals surface area contributed by atoms with Gasteiger partial charge in [0.1, 0.15) is 23.2 Å². The van der Waals surface area contributed by atoms with Crippen LogP contribution in [0, 0.1) is 11.3 Å². The fourth-order valence-electron chi connectivity index (χ4n) is 4.67. The molecule has 184 valence electrons. The van der Waals surface area contributed by atoms with Gasteiger partial charge in [0.25, 0.3) is 11.8 Å². The lowest BCUT2D eigenvalue weighted by atomic mass is 9.94. The summed E-state index contributed by atoms with van der Waals surface area (Å²) in [6.07, 6.45) is 1.74. The summed E-state index contributed by atoms with van der Waals surface area (Å²) >= 11 is 0. The van der Waals surface area contributed by atoms with Gasteiger partial charge >= 0.3 is 0 Å². The molecule has 8 heteroatoms. The summed E-state index contributed by atoms with van der Waals surface area (Å²) in [6, 6.07) is 21.4. The van der Waals surface area contributed by atoms with Gasteiger partial charge in [0.05, 0.1) is 18.3 Å². The van der Waals surface area contributed by atoms with Crippen molar-refractivity contribution >= 4 is 29.1 Å². The number of hydrogen-bond donors (Lipinski definition) is 0. The van der Waals surface area contributed by atoms with Crippen molar-refractivity contribution in [3.8, 4) is 28.9 Å². The standard InChI is InChI=1S/C29H25N5O3/c1-5-33-28(35)23(18(2)24(17-30)29(33)36)15-21-16-25-27(34(21)20-9-7-6-8-10-20)31-26(32(25)3)19-11-13-22(37-4)14-12-19/h6-16H,5H2,1-4H3/b23-15-. The highest BCUT2D eigenvalue weighted by Crippen LogP contribution is 2.33. The second-order valence-corrected chi connectivity index (χ2v) is 8.70. The van der Waals surface area contributed by atoms with E-state index in [0.29, 0.717) is 16.8 Å². The number of para-hydroxylation sites is 1. The molecule has 4 aromatic rings. The van der Waals surface area contributed by atoms with Crippen molar-refractivity contribution < 1.29 is 14.3 Å². The van der Waals surface area contributed by atoms with Crippen LogP contribution in [-0.2, 0) is 16.6 Å². The monoisotopic (exact) mass is 491 g/mol. The van der Waals surface area contributed by atoms with E-state index in [-0.39, 0.29) is 12.1 Å². The number of aryl methyl sites for hydroxylation is 1. The van der Waals surface area contributed by atoms with E-state index in [2.05, 4.69) is 0 Å². The molecule has 2 aromatic heterocycles. The summed E-state index contributed by atoms with van der Waals surface area (Å²) in [5, 5.41) is 9.62. The molecule has 0 atom stereocenters. The summed E-state index contributed by atoms with van der Waals surface area (Å²) in [4.78, 5) is 32.0. The van der Waals surface area contributed by atoms with Gasteiger partial charge < -0.3 is 9.30 Å². The molecule has 8 nitrogen and oxygen atoms in total. The fourth-order valence-corrected chi connectivity index (χ4v) is 4.67. The number of carbonyl (C=O) groups excluding carboxylic acids is 2. The number of likely N-dealkylation sites (N-methyl/N-ethyl adjacent to an activating group) is 1. The molecule has 2 amide bonds. The number of imide groups is 1. The summed E-state index contributed by atoms with van der Waals surface area (Å²) in [6.45, 7) is 3.54. The quantitative estimate of drug-likeness (QED) is 0.299. The normalized spacial score (nSPS) is 15.1. The van der Waals surface area contributed by atoms with Crippen LogP contribution in [0.1, 0.15) is 19.5 Å². The largest absolute Gasteiger partial charge is 0.497 e. The van der Waals surface area contributed by atoms with E-state index in [1.165, 1.54) is 0 Å². The van der Waals surface area contributed by atoms with Crippen molar-refractivity contribution in [3.63, 3.8) is 0 Å². The fraction of sp³-hybridized carbons (Fsp3) is 0.172. The first-order valence-electron chi connectivity index (χ1n) is 11.9. The smallest absolute Gasteiger partial charge is 0.271 e. The highest BCUT2D eigenvalue weighted by molar-refractivity contribution is 6.19. The van der Waals surface area contributed by atoms with E-state index < -0.39 is 11.8 Å². The van der Waals surface area contributed by atoms with Crippen LogP contribution in [0.15, 0.2) is 77.4 Å². The predicted molar refractivity (Wildman–Crippen MR) is 141 cm³/mol. The van der Waals surface area contributed by atoms with Gasteiger partial charge in [0.2, 0.25) is 0 Å². The van der Waals surface area contributed by atoms with Gasteiger partial charge in [0.15, 0.2) is 5.65 Å². The first-order valence-corrected chi connectivity index (χ1v) is 11.9. The molecule has 3 heterocycles. The number of imidazole rings is 1. The molecular weight excluding hydrogens is 466 g/mol. The zero-order valence-corrected chi connectivity index (χ0v) is 21.0. The van der Waals surface area contributed by atoms with Crippen molar-refractivity contribution in [3.05, 3.63) is 83.1 Å². The Morgan fingerprint density at radius 2 is 1.76 bits per heavy atom. The van der Waals surface area contributed by atoms with E-state index in [0.717, 1.165) is 38.9 Å². The molecule has 0 spiro atoms. The number of carbonyl (C=O) groups is 2. The minimum Gasteiger partial charge on any atom is -0.497 e. The van der Waals surface area contributed by atoms with Gasteiger partial charge in [-0.15, -0.1) is 0 Å². The van der Waals surface area contributed by atoms with Crippen LogP contribution in [0.3, 0.4) is 0 Å². The molecule has 0 aliphatic carbocycles. The molecule has 5 rings (SSSR count). The Bertz CT molecular complexity index is 1650. The van der Waals surface area contributed by atoms with Crippen LogP contribution >= 0.6 is 0 Å². The van der Waals surface area contributed by atoms with Crippen LogP contribution in [0.2, 0.25) is 0 Å². The average Bonchev–Trinajstić information content (AvgIpc) is 3.43.